The Hall–Kier alpha value is -2.64. The highest BCUT2D eigenvalue weighted by molar-refractivity contribution is 5.95. The topological polar surface area (TPSA) is 73.9 Å². The van der Waals surface area contributed by atoms with E-state index < -0.39 is 12.0 Å². The van der Waals surface area contributed by atoms with Gasteiger partial charge in [0.1, 0.15) is 0 Å². The molecule has 0 radical (unpaired) electrons. The highest BCUT2D eigenvalue weighted by atomic mass is 16.5. The molecule has 1 unspecified atom stereocenters. The van der Waals surface area contributed by atoms with E-state index >= 15 is 0 Å². The molecule has 7 heteroatoms. The second kappa shape index (κ2) is 9.71. The lowest BCUT2D eigenvalue weighted by Gasteiger charge is -2.36. The zero-order chi connectivity index (χ0) is 20.8. The van der Waals surface area contributed by atoms with E-state index in [-0.39, 0.29) is 12.6 Å². The number of ether oxygens (including phenoxy) is 1. The summed E-state index contributed by atoms with van der Waals surface area (Å²) in [6.45, 7) is 12.8. The van der Waals surface area contributed by atoms with Crippen molar-refractivity contribution in [3.63, 3.8) is 0 Å². The average Bonchev–Trinajstić information content (AvgIpc) is 2.70. The molecular weight excluding hydrogens is 368 g/mol. The number of nitrogens with one attached hydrogen (secondary N) is 2. The minimum absolute atomic E-state index is 0.282. The van der Waals surface area contributed by atoms with Crippen molar-refractivity contribution in [1.29, 1.82) is 0 Å². The highest BCUT2D eigenvalue weighted by Gasteiger charge is 2.34. The van der Waals surface area contributed by atoms with Gasteiger partial charge in [0.2, 0.25) is 0 Å². The molecule has 1 aromatic rings. The van der Waals surface area contributed by atoms with Crippen LogP contribution >= 0.6 is 0 Å². The highest BCUT2D eigenvalue weighted by Crippen LogP contribution is 2.28. The third-order valence-corrected chi connectivity index (χ3v) is 5.29. The van der Waals surface area contributed by atoms with Gasteiger partial charge in [-0.2, -0.15) is 0 Å². The molecular formula is C22H30N4O3. The van der Waals surface area contributed by atoms with Gasteiger partial charge in [-0.05, 0) is 19.4 Å². The molecule has 2 amide bonds. The zero-order valence-electron chi connectivity index (χ0n) is 17.2. The number of aryl methyl sites for hydroxylation is 1. The molecule has 1 atom stereocenters. The van der Waals surface area contributed by atoms with Crippen LogP contribution in [-0.4, -0.2) is 67.7 Å². The molecule has 0 spiro atoms. The molecule has 1 saturated heterocycles. The number of piperazine rings is 1. The lowest BCUT2D eigenvalue weighted by atomic mass is 9.94. The summed E-state index contributed by atoms with van der Waals surface area (Å²) in [6.07, 6.45) is 1.91. The van der Waals surface area contributed by atoms with Crippen molar-refractivity contribution in [2.45, 2.75) is 19.9 Å². The van der Waals surface area contributed by atoms with Crippen molar-refractivity contribution < 1.29 is 14.3 Å². The summed E-state index contributed by atoms with van der Waals surface area (Å²) in [5.41, 5.74) is 3.08. The fraction of sp³-hybridized carbons (Fsp3) is 0.455. The Balaban J connectivity index is 1.87. The van der Waals surface area contributed by atoms with Gasteiger partial charge in [0.25, 0.3) is 0 Å². The molecule has 2 aliphatic heterocycles. The van der Waals surface area contributed by atoms with Gasteiger partial charge in [0.15, 0.2) is 0 Å². The molecule has 156 valence electrons. The van der Waals surface area contributed by atoms with Gasteiger partial charge >= 0.3 is 12.0 Å². The van der Waals surface area contributed by atoms with Crippen LogP contribution in [0.15, 0.2) is 48.2 Å². The van der Waals surface area contributed by atoms with E-state index in [1.807, 2.05) is 37.3 Å². The molecule has 2 aliphatic rings. The number of amides is 2. The largest absolute Gasteiger partial charge is 0.463 e. The van der Waals surface area contributed by atoms with E-state index in [0.717, 1.165) is 43.9 Å². The molecule has 3 rings (SSSR count). The Morgan fingerprint density at radius 3 is 2.48 bits per heavy atom. The molecule has 1 aromatic carbocycles. The Morgan fingerprint density at radius 2 is 1.86 bits per heavy atom. The lowest BCUT2D eigenvalue weighted by molar-refractivity contribution is -0.139. The summed E-state index contributed by atoms with van der Waals surface area (Å²) >= 11 is 0. The molecule has 0 bridgehead atoms. The van der Waals surface area contributed by atoms with E-state index in [0.29, 0.717) is 17.8 Å². The van der Waals surface area contributed by atoms with Gasteiger partial charge in [0, 0.05) is 45.0 Å². The summed E-state index contributed by atoms with van der Waals surface area (Å²) in [7, 11) is 0. The first kappa shape index (κ1) is 21.1. The third-order valence-electron chi connectivity index (χ3n) is 5.29. The number of benzene rings is 1. The predicted octanol–water partition coefficient (Wildman–Crippen LogP) is 1.97. The Kier molecular flexibility index (Phi) is 7.06. The van der Waals surface area contributed by atoms with Crippen LogP contribution < -0.4 is 10.6 Å². The summed E-state index contributed by atoms with van der Waals surface area (Å²) in [4.78, 5) is 29.8. The number of rotatable bonds is 7. The second-order valence-corrected chi connectivity index (χ2v) is 7.42. The van der Waals surface area contributed by atoms with Gasteiger partial charge < -0.3 is 15.4 Å². The maximum Gasteiger partial charge on any atom is 0.338 e. The summed E-state index contributed by atoms with van der Waals surface area (Å²) in [5.74, 6) is -0.397. The number of nitrogens with zero attached hydrogens (tertiary/aromatic N) is 2. The quantitative estimate of drug-likeness (QED) is 0.543. The molecule has 0 aromatic heterocycles. The fourth-order valence-electron chi connectivity index (χ4n) is 3.74. The first-order valence-electron chi connectivity index (χ1n) is 10.1. The summed E-state index contributed by atoms with van der Waals surface area (Å²) in [6, 6.07) is 7.01. The van der Waals surface area contributed by atoms with Crippen molar-refractivity contribution in [1.82, 2.24) is 20.4 Å². The number of carbonyl (C=O) groups excluding carboxylic acids is 2. The van der Waals surface area contributed by atoms with Gasteiger partial charge in [-0.25, -0.2) is 9.59 Å². The SMILES string of the molecule is C=CCN1CCN(CC2=C(C(=O)OCC)C(c3ccc(C)cc3)NC(=O)N2)CC1. The van der Waals surface area contributed by atoms with Crippen molar-refractivity contribution in [2.24, 2.45) is 0 Å². The van der Waals surface area contributed by atoms with E-state index in [9.17, 15) is 9.59 Å². The normalized spacial score (nSPS) is 20.8. The molecule has 7 nitrogen and oxygen atoms in total. The molecule has 2 heterocycles. The lowest BCUT2D eigenvalue weighted by Crippen LogP contribution is -2.51. The Bertz CT molecular complexity index is 780. The molecule has 2 N–H and O–H groups in total. The number of carbonyl (C=O) groups is 2. The molecule has 29 heavy (non-hydrogen) atoms. The van der Waals surface area contributed by atoms with Gasteiger partial charge in [-0.3, -0.25) is 9.80 Å². The smallest absolute Gasteiger partial charge is 0.338 e. The van der Waals surface area contributed by atoms with Crippen LogP contribution in [0.25, 0.3) is 0 Å². The van der Waals surface area contributed by atoms with Crippen LogP contribution in [-0.2, 0) is 9.53 Å². The first-order chi connectivity index (χ1) is 14.0. The van der Waals surface area contributed by atoms with E-state index in [2.05, 4.69) is 27.0 Å². The average molecular weight is 399 g/mol. The number of hydrogen-bond donors (Lipinski definition) is 2. The van der Waals surface area contributed by atoms with E-state index in [4.69, 9.17) is 4.74 Å². The predicted molar refractivity (Wildman–Crippen MR) is 112 cm³/mol. The maximum atomic E-state index is 12.8. The Morgan fingerprint density at radius 1 is 1.21 bits per heavy atom. The van der Waals surface area contributed by atoms with Crippen molar-refractivity contribution in [2.75, 3.05) is 45.9 Å². The van der Waals surface area contributed by atoms with Gasteiger partial charge in [-0.15, -0.1) is 6.58 Å². The molecule has 0 saturated carbocycles. The number of hydrogen-bond acceptors (Lipinski definition) is 5. The minimum atomic E-state index is -0.527. The van der Waals surface area contributed by atoms with Crippen LogP contribution in [0.1, 0.15) is 24.1 Å². The van der Waals surface area contributed by atoms with Crippen molar-refractivity contribution in [3.8, 4) is 0 Å². The molecule has 0 aliphatic carbocycles. The summed E-state index contributed by atoms with van der Waals surface area (Å²) in [5, 5.41) is 5.74. The van der Waals surface area contributed by atoms with Crippen LogP contribution in [0.5, 0.6) is 0 Å². The monoisotopic (exact) mass is 398 g/mol. The van der Waals surface area contributed by atoms with E-state index in [1.54, 1.807) is 6.92 Å². The van der Waals surface area contributed by atoms with Crippen molar-refractivity contribution >= 4 is 12.0 Å². The van der Waals surface area contributed by atoms with Crippen molar-refractivity contribution in [3.05, 3.63) is 59.3 Å². The minimum Gasteiger partial charge on any atom is -0.463 e. The second-order valence-electron chi connectivity index (χ2n) is 7.42. The maximum absolute atomic E-state index is 12.8. The third kappa shape index (κ3) is 5.25. The van der Waals surface area contributed by atoms with Gasteiger partial charge in [0.05, 0.1) is 18.2 Å². The zero-order valence-corrected chi connectivity index (χ0v) is 17.2. The number of esters is 1. The van der Waals surface area contributed by atoms with E-state index in [1.165, 1.54) is 0 Å². The summed E-state index contributed by atoms with van der Waals surface area (Å²) < 4.78 is 5.33. The number of urea groups is 1. The van der Waals surface area contributed by atoms with Crippen LogP contribution in [0, 0.1) is 6.92 Å². The van der Waals surface area contributed by atoms with Crippen LogP contribution in [0.4, 0.5) is 4.79 Å². The fourth-order valence-corrected chi connectivity index (χ4v) is 3.74. The van der Waals surface area contributed by atoms with Crippen LogP contribution in [0.2, 0.25) is 0 Å². The standard InChI is InChI=1S/C22H30N4O3/c1-4-10-25-11-13-26(14-12-25)15-18-19(21(27)29-5-2)20(24-22(28)23-18)17-8-6-16(3)7-9-17/h4,6-9,20H,1,5,10-15H2,2-3H3,(H2,23,24,28). The van der Waals surface area contributed by atoms with Gasteiger partial charge in [-0.1, -0.05) is 35.9 Å². The van der Waals surface area contributed by atoms with Crippen LogP contribution in [0.3, 0.4) is 0 Å². The first-order valence-corrected chi connectivity index (χ1v) is 10.1. The Labute approximate surface area is 172 Å². The molecule has 1 fully saturated rings.